The molecule has 0 fully saturated rings. The lowest BCUT2D eigenvalue weighted by atomic mass is 10.1. The Labute approximate surface area is 174 Å². The van der Waals surface area contributed by atoms with E-state index in [1.54, 1.807) is 24.3 Å². The van der Waals surface area contributed by atoms with Crippen molar-refractivity contribution in [3.8, 4) is 23.1 Å². The van der Waals surface area contributed by atoms with Crippen LogP contribution in [0.1, 0.15) is 23.1 Å². The van der Waals surface area contributed by atoms with Crippen molar-refractivity contribution in [1.82, 2.24) is 4.98 Å². The van der Waals surface area contributed by atoms with Gasteiger partial charge in [0.05, 0.1) is 5.69 Å². The summed E-state index contributed by atoms with van der Waals surface area (Å²) < 4.78 is 27.1. The number of rotatable bonds is 4. The van der Waals surface area contributed by atoms with Crippen molar-refractivity contribution < 1.29 is 8.78 Å². The van der Waals surface area contributed by atoms with E-state index in [9.17, 15) is 8.78 Å². The molecule has 0 aliphatic carbocycles. The number of aryl methyl sites for hydroxylation is 1. The Morgan fingerprint density at radius 1 is 0.867 bits per heavy atom. The van der Waals surface area contributed by atoms with Crippen molar-refractivity contribution in [2.75, 3.05) is 0 Å². The van der Waals surface area contributed by atoms with Crippen molar-refractivity contribution in [3.05, 3.63) is 114 Å². The van der Waals surface area contributed by atoms with Gasteiger partial charge in [0.25, 0.3) is 0 Å². The molecule has 0 saturated heterocycles. The lowest BCUT2D eigenvalue weighted by Crippen LogP contribution is -1.88. The first-order chi connectivity index (χ1) is 14.6. The van der Waals surface area contributed by atoms with E-state index in [-0.39, 0.29) is 5.39 Å². The number of aromatic nitrogens is 1. The Kier molecular flexibility index (Phi) is 5.68. The molecule has 0 bridgehead atoms. The van der Waals surface area contributed by atoms with E-state index in [1.165, 1.54) is 5.56 Å². The highest BCUT2D eigenvalue weighted by Crippen LogP contribution is 2.22. The average Bonchev–Trinajstić information content (AvgIpc) is 2.79. The van der Waals surface area contributed by atoms with Crippen molar-refractivity contribution in [2.45, 2.75) is 12.8 Å². The molecule has 0 N–H and O–H groups in total. The van der Waals surface area contributed by atoms with Crippen LogP contribution in [0.15, 0.2) is 85.6 Å². The first-order valence-corrected chi connectivity index (χ1v) is 9.70. The molecular formula is C27H19F2N. The summed E-state index contributed by atoms with van der Waals surface area (Å²) in [6, 6.07) is 19.7. The molecule has 1 heterocycles. The van der Waals surface area contributed by atoms with Crippen molar-refractivity contribution in [2.24, 2.45) is 0 Å². The van der Waals surface area contributed by atoms with Crippen LogP contribution in [0.2, 0.25) is 0 Å². The van der Waals surface area contributed by atoms with Gasteiger partial charge < -0.3 is 0 Å². The summed E-state index contributed by atoms with van der Waals surface area (Å²) in [4.78, 5) is 4.54. The maximum atomic E-state index is 13.8. The Morgan fingerprint density at radius 2 is 1.63 bits per heavy atom. The number of nitrogens with zero attached hydrogens (tertiary/aromatic N) is 1. The highest BCUT2D eigenvalue weighted by molar-refractivity contribution is 5.84. The zero-order valence-corrected chi connectivity index (χ0v) is 16.3. The lowest BCUT2D eigenvalue weighted by molar-refractivity contribution is 0.517. The predicted molar refractivity (Wildman–Crippen MR) is 118 cm³/mol. The molecule has 0 atom stereocenters. The SMILES string of the molecule is C=CCCc1ccc(-c2ccc(C#Cc3ccc4c(F)c(F)ccc4c3)cc2)nc1. The molecule has 0 radical (unpaired) electrons. The smallest absolute Gasteiger partial charge is 0.166 e. The van der Waals surface area contributed by atoms with Gasteiger partial charge in [0, 0.05) is 28.3 Å². The van der Waals surface area contributed by atoms with Crippen LogP contribution in [0.3, 0.4) is 0 Å². The molecule has 30 heavy (non-hydrogen) atoms. The Morgan fingerprint density at radius 3 is 2.37 bits per heavy atom. The van der Waals surface area contributed by atoms with E-state index in [0.29, 0.717) is 5.39 Å². The Hall–Kier alpha value is -3.77. The zero-order chi connectivity index (χ0) is 20.9. The topological polar surface area (TPSA) is 12.9 Å². The van der Waals surface area contributed by atoms with Crippen LogP contribution in [0, 0.1) is 23.5 Å². The third kappa shape index (κ3) is 4.29. The monoisotopic (exact) mass is 395 g/mol. The second-order valence-electron chi connectivity index (χ2n) is 7.00. The first-order valence-electron chi connectivity index (χ1n) is 9.70. The van der Waals surface area contributed by atoms with Crippen molar-refractivity contribution in [3.63, 3.8) is 0 Å². The van der Waals surface area contributed by atoms with Gasteiger partial charge in [-0.25, -0.2) is 8.78 Å². The minimum atomic E-state index is -0.845. The van der Waals surface area contributed by atoms with Crippen molar-refractivity contribution >= 4 is 10.8 Å². The maximum absolute atomic E-state index is 13.8. The first kappa shape index (κ1) is 19.5. The summed E-state index contributed by atoms with van der Waals surface area (Å²) in [5.74, 6) is 4.52. The van der Waals surface area contributed by atoms with Gasteiger partial charge >= 0.3 is 0 Å². The van der Waals surface area contributed by atoms with Crippen LogP contribution < -0.4 is 0 Å². The van der Waals surface area contributed by atoms with Gasteiger partial charge in [-0.3, -0.25) is 4.98 Å². The molecule has 0 unspecified atom stereocenters. The van der Waals surface area contributed by atoms with E-state index in [0.717, 1.165) is 41.3 Å². The number of pyridine rings is 1. The molecule has 4 rings (SSSR count). The molecular weight excluding hydrogens is 376 g/mol. The fraction of sp³-hybridized carbons (Fsp3) is 0.0741. The molecule has 0 spiro atoms. The maximum Gasteiger partial charge on any atom is 0.166 e. The molecule has 0 amide bonds. The molecule has 1 aromatic heterocycles. The molecule has 0 aliphatic heterocycles. The van der Waals surface area contributed by atoms with Gasteiger partial charge in [0.2, 0.25) is 0 Å². The second-order valence-corrected chi connectivity index (χ2v) is 7.00. The summed E-state index contributed by atoms with van der Waals surface area (Å²) in [6.07, 6.45) is 5.70. The molecule has 4 aromatic rings. The highest BCUT2D eigenvalue weighted by Gasteiger charge is 2.06. The minimum Gasteiger partial charge on any atom is -0.256 e. The molecule has 3 aromatic carbocycles. The van der Waals surface area contributed by atoms with Crippen LogP contribution in [0.4, 0.5) is 8.78 Å². The molecule has 0 saturated carbocycles. The van der Waals surface area contributed by atoms with Crippen LogP contribution in [0.5, 0.6) is 0 Å². The Balaban J connectivity index is 1.52. The number of allylic oxidation sites excluding steroid dienone is 1. The van der Waals surface area contributed by atoms with E-state index >= 15 is 0 Å². The zero-order valence-electron chi connectivity index (χ0n) is 16.3. The number of hydrogen-bond acceptors (Lipinski definition) is 1. The lowest BCUT2D eigenvalue weighted by Gasteiger charge is -2.03. The summed E-state index contributed by atoms with van der Waals surface area (Å²) in [6.45, 7) is 3.74. The normalized spacial score (nSPS) is 10.5. The van der Waals surface area contributed by atoms with Crippen LogP contribution in [-0.2, 0) is 6.42 Å². The van der Waals surface area contributed by atoms with Gasteiger partial charge in [-0.2, -0.15) is 0 Å². The van der Waals surface area contributed by atoms with E-state index < -0.39 is 11.6 Å². The number of hydrogen-bond donors (Lipinski definition) is 0. The van der Waals surface area contributed by atoms with E-state index in [4.69, 9.17) is 0 Å². The quantitative estimate of drug-likeness (QED) is 0.277. The fourth-order valence-electron chi connectivity index (χ4n) is 3.22. The van der Waals surface area contributed by atoms with Gasteiger partial charge in [-0.1, -0.05) is 48.2 Å². The molecule has 146 valence electrons. The summed E-state index contributed by atoms with van der Waals surface area (Å²) in [5.41, 5.74) is 4.75. The van der Waals surface area contributed by atoms with Gasteiger partial charge in [0.1, 0.15) is 0 Å². The molecule has 3 heteroatoms. The summed E-state index contributed by atoms with van der Waals surface area (Å²) in [5, 5.41) is 0.881. The number of benzene rings is 3. The third-order valence-corrected chi connectivity index (χ3v) is 4.90. The summed E-state index contributed by atoms with van der Waals surface area (Å²) in [7, 11) is 0. The van der Waals surface area contributed by atoms with Crippen LogP contribution in [-0.4, -0.2) is 4.98 Å². The molecule has 0 aliphatic rings. The number of fused-ring (bicyclic) bond motifs is 1. The highest BCUT2D eigenvalue weighted by atomic mass is 19.2. The fourth-order valence-corrected chi connectivity index (χ4v) is 3.22. The van der Waals surface area contributed by atoms with Gasteiger partial charge in [-0.05, 0) is 60.2 Å². The predicted octanol–water partition coefficient (Wildman–Crippen LogP) is 6.70. The van der Waals surface area contributed by atoms with E-state index in [1.807, 2.05) is 42.6 Å². The second kappa shape index (κ2) is 8.71. The number of halogens is 2. The van der Waals surface area contributed by atoms with Crippen molar-refractivity contribution in [1.29, 1.82) is 0 Å². The Bertz CT molecular complexity index is 1260. The standard InChI is InChI=1S/C27H19F2N/c1-2-3-4-21-10-16-26(30-18-21)22-11-7-19(8-12-22)5-6-20-9-14-24-23(17-20)13-15-25(28)27(24)29/h2,7-18H,1,3-4H2. The largest absolute Gasteiger partial charge is 0.256 e. The van der Waals surface area contributed by atoms with Crippen LogP contribution in [0.25, 0.3) is 22.0 Å². The van der Waals surface area contributed by atoms with Gasteiger partial charge in [0.15, 0.2) is 11.6 Å². The van der Waals surface area contributed by atoms with Crippen LogP contribution >= 0.6 is 0 Å². The molecule has 1 nitrogen and oxygen atoms in total. The summed E-state index contributed by atoms with van der Waals surface area (Å²) >= 11 is 0. The van der Waals surface area contributed by atoms with Gasteiger partial charge in [-0.15, -0.1) is 6.58 Å². The van der Waals surface area contributed by atoms with E-state index in [2.05, 4.69) is 29.5 Å². The third-order valence-electron chi connectivity index (χ3n) is 4.90. The average molecular weight is 395 g/mol. The minimum absolute atomic E-state index is 0.257.